The van der Waals surface area contributed by atoms with Crippen LogP contribution in [0.5, 0.6) is 11.5 Å². The highest BCUT2D eigenvalue weighted by Crippen LogP contribution is 2.28. The van der Waals surface area contributed by atoms with Crippen LogP contribution in [0.4, 0.5) is 5.69 Å². The third kappa shape index (κ3) is 5.34. The Balaban J connectivity index is 1.65. The fraction of sp³-hybridized carbons (Fsp3) is 0.238. The van der Waals surface area contributed by atoms with Gasteiger partial charge in [-0.25, -0.2) is 9.67 Å². The average Bonchev–Trinajstić information content (AvgIpc) is 3.27. The molecule has 2 amide bonds. The van der Waals surface area contributed by atoms with Gasteiger partial charge in [-0.05, 0) is 56.3 Å². The predicted molar refractivity (Wildman–Crippen MR) is 111 cm³/mol. The van der Waals surface area contributed by atoms with E-state index in [1.807, 2.05) is 26.0 Å². The first-order valence-electron chi connectivity index (χ1n) is 9.33. The fourth-order valence-electron chi connectivity index (χ4n) is 2.68. The Labute approximate surface area is 174 Å². The molecule has 0 aliphatic rings. The first-order valence-corrected chi connectivity index (χ1v) is 9.33. The third-order valence-corrected chi connectivity index (χ3v) is 4.04. The summed E-state index contributed by atoms with van der Waals surface area (Å²) >= 11 is 0. The lowest BCUT2D eigenvalue weighted by Gasteiger charge is -2.13. The summed E-state index contributed by atoms with van der Waals surface area (Å²) in [5.74, 6) is 0.209. The number of hydrogen-bond donors (Lipinski definition) is 2. The van der Waals surface area contributed by atoms with Gasteiger partial charge in [-0.2, -0.15) is 5.10 Å². The highest BCUT2D eigenvalue weighted by molar-refractivity contribution is 6.04. The van der Waals surface area contributed by atoms with Crippen LogP contribution in [0.25, 0.3) is 5.69 Å². The van der Waals surface area contributed by atoms with Crippen LogP contribution in [0.2, 0.25) is 0 Å². The van der Waals surface area contributed by atoms with E-state index in [0.29, 0.717) is 22.7 Å². The fourth-order valence-corrected chi connectivity index (χ4v) is 2.68. The van der Waals surface area contributed by atoms with Crippen LogP contribution >= 0.6 is 0 Å². The van der Waals surface area contributed by atoms with Crippen molar-refractivity contribution in [3.05, 3.63) is 60.7 Å². The molecule has 0 saturated heterocycles. The number of amides is 2. The molecule has 0 fully saturated rings. The summed E-state index contributed by atoms with van der Waals surface area (Å²) in [4.78, 5) is 28.3. The van der Waals surface area contributed by atoms with E-state index in [0.717, 1.165) is 5.69 Å². The Bertz CT molecular complexity index is 1000. The third-order valence-electron chi connectivity index (χ3n) is 4.04. The van der Waals surface area contributed by atoms with Crippen molar-refractivity contribution in [2.75, 3.05) is 19.0 Å². The Kier molecular flexibility index (Phi) is 6.63. The number of nitrogens with one attached hydrogen (secondary N) is 2. The summed E-state index contributed by atoms with van der Waals surface area (Å²) in [7, 11) is 1.47. The van der Waals surface area contributed by atoms with Crippen molar-refractivity contribution in [1.29, 1.82) is 0 Å². The van der Waals surface area contributed by atoms with Gasteiger partial charge in [0.25, 0.3) is 11.8 Å². The second-order valence-electron chi connectivity index (χ2n) is 6.72. The zero-order valence-corrected chi connectivity index (χ0v) is 17.0. The smallest absolute Gasteiger partial charge is 0.258 e. The minimum absolute atomic E-state index is 0.0272. The van der Waals surface area contributed by atoms with Crippen molar-refractivity contribution in [2.24, 2.45) is 0 Å². The van der Waals surface area contributed by atoms with Crippen molar-refractivity contribution >= 4 is 17.5 Å². The monoisotopic (exact) mass is 409 g/mol. The first kappa shape index (κ1) is 20.8. The van der Waals surface area contributed by atoms with E-state index in [2.05, 4.69) is 20.7 Å². The Morgan fingerprint density at radius 3 is 2.50 bits per heavy atom. The van der Waals surface area contributed by atoms with Crippen molar-refractivity contribution < 1.29 is 19.1 Å². The molecule has 1 heterocycles. The number of ether oxygens (including phenoxy) is 2. The van der Waals surface area contributed by atoms with Crippen molar-refractivity contribution in [3.8, 4) is 17.2 Å². The normalized spacial score (nSPS) is 10.5. The van der Waals surface area contributed by atoms with Gasteiger partial charge < -0.3 is 20.1 Å². The standard InChI is InChI=1S/C21H23N5O4/c1-14(2)24-20(27)11-30-18-9-4-15(10-19(18)29-3)21(28)25-16-5-7-17(8-6-16)26-13-22-12-23-26/h4-10,12-14H,11H2,1-3H3,(H,24,27)(H,25,28). The van der Waals surface area contributed by atoms with Gasteiger partial charge in [0.1, 0.15) is 12.7 Å². The molecular formula is C21H23N5O4. The van der Waals surface area contributed by atoms with E-state index < -0.39 is 0 Å². The highest BCUT2D eigenvalue weighted by Gasteiger charge is 2.13. The van der Waals surface area contributed by atoms with Crippen LogP contribution in [-0.2, 0) is 4.79 Å². The summed E-state index contributed by atoms with van der Waals surface area (Å²) in [5.41, 5.74) is 1.86. The maximum atomic E-state index is 12.6. The van der Waals surface area contributed by atoms with E-state index >= 15 is 0 Å². The zero-order chi connectivity index (χ0) is 21.5. The largest absolute Gasteiger partial charge is 0.493 e. The molecule has 156 valence electrons. The molecule has 2 N–H and O–H groups in total. The van der Waals surface area contributed by atoms with E-state index in [1.54, 1.807) is 41.3 Å². The Hall–Kier alpha value is -3.88. The number of benzene rings is 2. The molecule has 0 unspecified atom stereocenters. The predicted octanol–water partition coefficient (Wildman–Crippen LogP) is 2.43. The summed E-state index contributed by atoms with van der Waals surface area (Å²) in [6, 6.07) is 12.0. The van der Waals surface area contributed by atoms with Gasteiger partial charge >= 0.3 is 0 Å². The van der Waals surface area contributed by atoms with Crippen molar-refractivity contribution in [1.82, 2.24) is 20.1 Å². The molecule has 0 radical (unpaired) electrons. The molecule has 0 spiro atoms. The maximum absolute atomic E-state index is 12.6. The quantitative estimate of drug-likeness (QED) is 0.592. The topological polar surface area (TPSA) is 107 Å². The van der Waals surface area contributed by atoms with Crippen LogP contribution in [0.1, 0.15) is 24.2 Å². The van der Waals surface area contributed by atoms with E-state index in [-0.39, 0.29) is 24.5 Å². The molecule has 2 aromatic carbocycles. The molecule has 0 atom stereocenters. The Morgan fingerprint density at radius 2 is 1.87 bits per heavy atom. The zero-order valence-electron chi connectivity index (χ0n) is 17.0. The van der Waals surface area contributed by atoms with Crippen LogP contribution in [0.15, 0.2) is 55.1 Å². The van der Waals surface area contributed by atoms with Crippen molar-refractivity contribution in [3.63, 3.8) is 0 Å². The minimum Gasteiger partial charge on any atom is -0.493 e. The number of aromatic nitrogens is 3. The summed E-state index contributed by atoms with van der Waals surface area (Å²) in [5, 5.41) is 9.63. The molecule has 0 aliphatic carbocycles. The second kappa shape index (κ2) is 9.55. The molecule has 0 aliphatic heterocycles. The Morgan fingerprint density at radius 1 is 1.10 bits per heavy atom. The minimum atomic E-state index is -0.300. The molecule has 0 saturated carbocycles. The molecular weight excluding hydrogens is 386 g/mol. The number of nitrogens with zero attached hydrogens (tertiary/aromatic N) is 3. The molecule has 0 bridgehead atoms. The van der Waals surface area contributed by atoms with Gasteiger partial charge in [-0.1, -0.05) is 0 Å². The van der Waals surface area contributed by atoms with Gasteiger partial charge in [0.05, 0.1) is 12.8 Å². The molecule has 9 nitrogen and oxygen atoms in total. The summed E-state index contributed by atoms with van der Waals surface area (Å²) < 4.78 is 12.4. The number of methoxy groups -OCH3 is 1. The van der Waals surface area contributed by atoms with E-state index in [4.69, 9.17) is 9.47 Å². The molecule has 1 aromatic heterocycles. The van der Waals surface area contributed by atoms with Gasteiger partial charge in [-0.15, -0.1) is 0 Å². The van der Waals surface area contributed by atoms with Crippen molar-refractivity contribution in [2.45, 2.75) is 19.9 Å². The van der Waals surface area contributed by atoms with E-state index in [9.17, 15) is 9.59 Å². The molecule has 3 rings (SSSR count). The van der Waals surface area contributed by atoms with Gasteiger partial charge in [0.15, 0.2) is 18.1 Å². The summed E-state index contributed by atoms with van der Waals surface area (Å²) in [6.07, 6.45) is 3.04. The van der Waals surface area contributed by atoms with Gasteiger partial charge in [-0.3, -0.25) is 9.59 Å². The number of hydrogen-bond acceptors (Lipinski definition) is 6. The van der Waals surface area contributed by atoms with Gasteiger partial charge in [0, 0.05) is 17.3 Å². The average molecular weight is 409 g/mol. The number of carbonyl (C=O) groups is 2. The number of anilines is 1. The number of carbonyl (C=O) groups excluding carboxylic acids is 2. The summed E-state index contributed by atoms with van der Waals surface area (Å²) in [6.45, 7) is 3.60. The molecule has 30 heavy (non-hydrogen) atoms. The van der Waals surface area contributed by atoms with Crippen LogP contribution in [0, 0.1) is 0 Å². The first-order chi connectivity index (χ1) is 14.5. The van der Waals surface area contributed by atoms with Crippen LogP contribution < -0.4 is 20.1 Å². The van der Waals surface area contributed by atoms with E-state index in [1.165, 1.54) is 13.4 Å². The lowest BCUT2D eigenvalue weighted by Crippen LogP contribution is -2.34. The van der Waals surface area contributed by atoms with Crippen LogP contribution in [0.3, 0.4) is 0 Å². The second-order valence-corrected chi connectivity index (χ2v) is 6.72. The van der Waals surface area contributed by atoms with Crippen LogP contribution in [-0.4, -0.2) is 46.3 Å². The lowest BCUT2D eigenvalue weighted by molar-refractivity contribution is -0.123. The maximum Gasteiger partial charge on any atom is 0.258 e. The molecule has 9 heteroatoms. The number of rotatable bonds is 8. The highest BCUT2D eigenvalue weighted by atomic mass is 16.5. The SMILES string of the molecule is COc1cc(C(=O)Nc2ccc(-n3cncn3)cc2)ccc1OCC(=O)NC(C)C. The van der Waals surface area contributed by atoms with Gasteiger partial charge in [0.2, 0.25) is 0 Å². The molecule has 3 aromatic rings. The lowest BCUT2D eigenvalue weighted by atomic mass is 10.1.